The van der Waals surface area contributed by atoms with Crippen molar-refractivity contribution in [2.24, 2.45) is 0 Å². The van der Waals surface area contributed by atoms with E-state index in [0.29, 0.717) is 6.54 Å². The van der Waals surface area contributed by atoms with Crippen molar-refractivity contribution in [2.45, 2.75) is 24.8 Å². The number of amides is 1. The number of likely N-dealkylation sites (tertiary alicyclic amines) is 1. The molecular weight excluding hydrogens is 258 g/mol. The first-order chi connectivity index (χ1) is 9.69. The van der Waals surface area contributed by atoms with Crippen molar-refractivity contribution in [3.05, 3.63) is 35.9 Å². The quantitative estimate of drug-likeness (QED) is 0.795. The van der Waals surface area contributed by atoms with Gasteiger partial charge in [-0.15, -0.1) is 0 Å². The predicted octanol–water partition coefficient (Wildman–Crippen LogP) is 2.17. The largest absolute Gasteiger partial charge is 0.468 e. The molecule has 2 atom stereocenters. The first kappa shape index (κ1) is 14.4. The number of esters is 1. The van der Waals surface area contributed by atoms with Crippen molar-refractivity contribution in [3.8, 4) is 0 Å². The molecule has 1 aliphatic rings. The maximum atomic E-state index is 12.2. The number of methoxy groups -OCH3 is 2. The second-order valence-electron chi connectivity index (χ2n) is 4.78. The van der Waals surface area contributed by atoms with Gasteiger partial charge in [0.25, 0.3) is 0 Å². The summed E-state index contributed by atoms with van der Waals surface area (Å²) in [5.74, 6) is -0.792. The summed E-state index contributed by atoms with van der Waals surface area (Å²) in [7, 11) is 2.73. The number of rotatable bonds is 3. The van der Waals surface area contributed by atoms with Gasteiger partial charge >= 0.3 is 12.1 Å². The van der Waals surface area contributed by atoms with E-state index >= 15 is 0 Å². The molecule has 0 spiro atoms. The van der Waals surface area contributed by atoms with E-state index in [-0.39, 0.29) is 12.0 Å². The molecule has 20 heavy (non-hydrogen) atoms. The SMILES string of the molecule is COC(=O)[C@H](c1ccccc1)[C@H]1CCCN1C(=O)OC. The Bertz CT molecular complexity index is 474. The Kier molecular flexibility index (Phi) is 4.61. The van der Waals surface area contributed by atoms with Crippen LogP contribution in [-0.2, 0) is 14.3 Å². The average Bonchev–Trinajstić information content (AvgIpc) is 2.96. The Balaban J connectivity index is 2.32. The number of hydrogen-bond acceptors (Lipinski definition) is 4. The van der Waals surface area contributed by atoms with Crippen LogP contribution in [-0.4, -0.2) is 43.8 Å². The van der Waals surface area contributed by atoms with Crippen LogP contribution in [0.15, 0.2) is 30.3 Å². The van der Waals surface area contributed by atoms with Crippen molar-refractivity contribution in [2.75, 3.05) is 20.8 Å². The third-order valence-electron chi connectivity index (χ3n) is 3.71. The van der Waals surface area contributed by atoms with Crippen LogP contribution in [0.3, 0.4) is 0 Å². The lowest BCUT2D eigenvalue weighted by atomic mass is 9.90. The smallest absolute Gasteiger partial charge is 0.409 e. The Morgan fingerprint density at radius 2 is 1.90 bits per heavy atom. The lowest BCUT2D eigenvalue weighted by molar-refractivity contribution is -0.143. The summed E-state index contributed by atoms with van der Waals surface area (Å²) in [6.45, 7) is 0.609. The van der Waals surface area contributed by atoms with E-state index in [4.69, 9.17) is 9.47 Å². The number of carbonyl (C=O) groups is 2. The minimum Gasteiger partial charge on any atom is -0.468 e. The van der Waals surface area contributed by atoms with Gasteiger partial charge in [-0.1, -0.05) is 30.3 Å². The molecule has 0 aliphatic carbocycles. The fourth-order valence-corrected chi connectivity index (χ4v) is 2.79. The molecule has 5 heteroatoms. The van der Waals surface area contributed by atoms with Crippen LogP contribution in [0, 0.1) is 0 Å². The van der Waals surface area contributed by atoms with Gasteiger partial charge in [-0.25, -0.2) is 4.79 Å². The fourth-order valence-electron chi connectivity index (χ4n) is 2.79. The molecule has 108 valence electrons. The minimum atomic E-state index is -0.470. The molecule has 1 aliphatic heterocycles. The summed E-state index contributed by atoms with van der Waals surface area (Å²) in [6.07, 6.45) is 1.24. The van der Waals surface area contributed by atoms with E-state index in [1.54, 1.807) is 4.90 Å². The highest BCUT2D eigenvalue weighted by Crippen LogP contribution is 2.32. The second kappa shape index (κ2) is 6.41. The normalized spacial score (nSPS) is 19.5. The maximum Gasteiger partial charge on any atom is 0.409 e. The van der Waals surface area contributed by atoms with Crippen molar-refractivity contribution >= 4 is 12.1 Å². The van der Waals surface area contributed by atoms with Crippen molar-refractivity contribution in [1.82, 2.24) is 4.90 Å². The Morgan fingerprint density at radius 1 is 1.20 bits per heavy atom. The summed E-state index contributed by atoms with van der Waals surface area (Å²) in [4.78, 5) is 25.6. The number of nitrogens with zero attached hydrogens (tertiary/aromatic N) is 1. The molecule has 0 aromatic heterocycles. The van der Waals surface area contributed by atoms with Gasteiger partial charge in [-0.2, -0.15) is 0 Å². The van der Waals surface area contributed by atoms with Crippen LogP contribution >= 0.6 is 0 Å². The Labute approximate surface area is 118 Å². The second-order valence-corrected chi connectivity index (χ2v) is 4.78. The summed E-state index contributed by atoms with van der Waals surface area (Å²) < 4.78 is 9.72. The summed E-state index contributed by atoms with van der Waals surface area (Å²) in [5, 5.41) is 0. The third kappa shape index (κ3) is 2.76. The van der Waals surface area contributed by atoms with Gasteiger partial charge in [-0.3, -0.25) is 4.79 Å². The standard InChI is InChI=1S/C15H19NO4/c1-19-14(17)13(11-7-4-3-5-8-11)12-9-6-10-16(12)15(18)20-2/h3-5,7-8,12-13H,6,9-10H2,1-2H3/t12-,13-/m1/s1. The topological polar surface area (TPSA) is 55.8 Å². The first-order valence-electron chi connectivity index (χ1n) is 6.66. The molecule has 0 unspecified atom stereocenters. The number of hydrogen-bond donors (Lipinski definition) is 0. The highest BCUT2D eigenvalue weighted by molar-refractivity contribution is 5.80. The molecule has 0 radical (unpaired) electrons. The van der Waals surface area contributed by atoms with Crippen LogP contribution in [0.5, 0.6) is 0 Å². The van der Waals surface area contributed by atoms with Gasteiger partial charge in [-0.05, 0) is 18.4 Å². The van der Waals surface area contributed by atoms with E-state index in [2.05, 4.69) is 0 Å². The Morgan fingerprint density at radius 3 is 2.50 bits per heavy atom. The van der Waals surface area contributed by atoms with Crippen molar-refractivity contribution in [3.63, 3.8) is 0 Å². The number of ether oxygens (including phenoxy) is 2. The van der Waals surface area contributed by atoms with E-state index < -0.39 is 12.0 Å². The minimum absolute atomic E-state index is 0.211. The van der Waals surface area contributed by atoms with Crippen LogP contribution in [0.25, 0.3) is 0 Å². The van der Waals surface area contributed by atoms with E-state index in [9.17, 15) is 9.59 Å². The van der Waals surface area contributed by atoms with E-state index in [1.807, 2.05) is 30.3 Å². The van der Waals surface area contributed by atoms with Gasteiger partial charge in [0.1, 0.15) is 5.92 Å². The molecule has 1 saturated heterocycles. The lowest BCUT2D eigenvalue weighted by Crippen LogP contribution is -2.42. The van der Waals surface area contributed by atoms with Gasteiger partial charge in [0.05, 0.1) is 20.3 Å². The summed E-state index contributed by atoms with van der Waals surface area (Å²) >= 11 is 0. The molecule has 0 bridgehead atoms. The zero-order valence-corrected chi connectivity index (χ0v) is 11.7. The molecular formula is C15H19NO4. The predicted molar refractivity (Wildman–Crippen MR) is 73.3 cm³/mol. The zero-order valence-electron chi connectivity index (χ0n) is 11.7. The molecule has 1 fully saturated rings. The molecule has 1 heterocycles. The summed E-state index contributed by atoms with van der Waals surface area (Å²) in [6, 6.07) is 9.21. The molecule has 0 saturated carbocycles. The van der Waals surface area contributed by atoms with Gasteiger partial charge < -0.3 is 14.4 Å². The monoisotopic (exact) mass is 277 g/mol. The molecule has 1 amide bonds. The molecule has 5 nitrogen and oxygen atoms in total. The van der Waals surface area contributed by atoms with Crippen molar-refractivity contribution in [1.29, 1.82) is 0 Å². The number of benzene rings is 1. The Hall–Kier alpha value is -2.04. The van der Waals surface area contributed by atoms with Gasteiger partial charge in [0.2, 0.25) is 0 Å². The highest BCUT2D eigenvalue weighted by atomic mass is 16.5. The molecule has 1 aromatic carbocycles. The molecule has 0 N–H and O–H groups in total. The first-order valence-corrected chi connectivity index (χ1v) is 6.66. The molecule has 1 aromatic rings. The highest BCUT2D eigenvalue weighted by Gasteiger charge is 2.40. The van der Waals surface area contributed by atoms with Crippen LogP contribution in [0.2, 0.25) is 0 Å². The maximum absolute atomic E-state index is 12.2. The van der Waals surface area contributed by atoms with Crippen LogP contribution in [0.1, 0.15) is 24.3 Å². The summed E-state index contributed by atoms with van der Waals surface area (Å²) in [5.41, 5.74) is 0.861. The van der Waals surface area contributed by atoms with Gasteiger partial charge in [0.15, 0.2) is 0 Å². The van der Waals surface area contributed by atoms with Crippen molar-refractivity contribution < 1.29 is 19.1 Å². The zero-order chi connectivity index (χ0) is 14.5. The average molecular weight is 277 g/mol. The van der Waals surface area contributed by atoms with Crippen LogP contribution in [0.4, 0.5) is 4.79 Å². The fraction of sp³-hybridized carbons (Fsp3) is 0.467. The number of carbonyl (C=O) groups excluding carboxylic acids is 2. The van der Waals surface area contributed by atoms with Crippen LogP contribution < -0.4 is 0 Å². The van der Waals surface area contributed by atoms with E-state index in [0.717, 1.165) is 18.4 Å². The lowest BCUT2D eigenvalue weighted by Gasteiger charge is -2.29. The van der Waals surface area contributed by atoms with Gasteiger partial charge in [0, 0.05) is 6.54 Å². The third-order valence-corrected chi connectivity index (χ3v) is 3.71. The molecule has 2 rings (SSSR count). The van der Waals surface area contributed by atoms with E-state index in [1.165, 1.54) is 14.2 Å².